The van der Waals surface area contributed by atoms with E-state index in [0.29, 0.717) is 6.54 Å². The number of nitrogens with zero attached hydrogens (tertiary/aromatic N) is 1. The van der Waals surface area contributed by atoms with Crippen LogP contribution in [0.4, 0.5) is 0 Å². The van der Waals surface area contributed by atoms with Crippen molar-refractivity contribution in [3.05, 3.63) is 0 Å². The van der Waals surface area contributed by atoms with E-state index in [1.54, 1.807) is 0 Å². The second kappa shape index (κ2) is 3.68. The second-order valence-corrected chi connectivity index (χ2v) is 3.05. The molecule has 1 saturated heterocycles. The predicted molar refractivity (Wildman–Crippen MR) is 41.0 cm³/mol. The third kappa shape index (κ3) is 1.46. The summed E-state index contributed by atoms with van der Waals surface area (Å²) in [6.07, 6.45) is -4.11. The van der Waals surface area contributed by atoms with Crippen molar-refractivity contribution < 1.29 is 20.4 Å². The molecule has 72 valence electrons. The van der Waals surface area contributed by atoms with E-state index in [4.69, 9.17) is 10.2 Å². The van der Waals surface area contributed by atoms with Gasteiger partial charge in [-0.05, 0) is 6.42 Å². The molecule has 0 bridgehead atoms. The van der Waals surface area contributed by atoms with Crippen molar-refractivity contribution in [3.63, 3.8) is 0 Å². The lowest BCUT2D eigenvalue weighted by atomic mass is 10.2. The van der Waals surface area contributed by atoms with E-state index in [-0.39, 0.29) is 0 Å². The smallest absolute Gasteiger partial charge is 0.138 e. The highest BCUT2D eigenvalue weighted by Gasteiger charge is 2.45. The van der Waals surface area contributed by atoms with E-state index in [1.165, 1.54) is 4.90 Å². The first-order valence-corrected chi connectivity index (χ1v) is 4.07. The van der Waals surface area contributed by atoms with Gasteiger partial charge in [0.25, 0.3) is 0 Å². The Bertz CT molecular complexity index is 140. The fourth-order valence-electron chi connectivity index (χ4n) is 1.42. The SMILES string of the molecule is CCCN1C(O)C(O)C(O)C1O. The van der Waals surface area contributed by atoms with Crippen LogP contribution in [0.1, 0.15) is 13.3 Å². The molecule has 1 rings (SSSR count). The van der Waals surface area contributed by atoms with E-state index in [0.717, 1.165) is 6.42 Å². The Morgan fingerprint density at radius 1 is 1.00 bits per heavy atom. The second-order valence-electron chi connectivity index (χ2n) is 3.05. The van der Waals surface area contributed by atoms with Crippen molar-refractivity contribution in [1.82, 2.24) is 4.90 Å². The minimum atomic E-state index is -1.27. The average Bonchev–Trinajstić information content (AvgIpc) is 2.23. The lowest BCUT2D eigenvalue weighted by Gasteiger charge is -2.22. The van der Waals surface area contributed by atoms with Gasteiger partial charge >= 0.3 is 0 Å². The maximum absolute atomic E-state index is 9.29. The van der Waals surface area contributed by atoms with Crippen LogP contribution >= 0.6 is 0 Å². The van der Waals surface area contributed by atoms with Gasteiger partial charge in [-0.15, -0.1) is 0 Å². The van der Waals surface area contributed by atoms with Crippen molar-refractivity contribution in [2.24, 2.45) is 0 Å². The number of aliphatic hydroxyl groups is 4. The molecule has 5 nitrogen and oxygen atoms in total. The quantitative estimate of drug-likeness (QED) is 0.395. The van der Waals surface area contributed by atoms with Gasteiger partial charge in [-0.25, -0.2) is 4.90 Å². The van der Waals surface area contributed by atoms with Crippen LogP contribution in [-0.2, 0) is 0 Å². The molecule has 1 aliphatic heterocycles. The Kier molecular flexibility index (Phi) is 3.03. The highest BCUT2D eigenvalue weighted by Crippen LogP contribution is 2.21. The van der Waals surface area contributed by atoms with Gasteiger partial charge in [-0.3, -0.25) is 0 Å². The van der Waals surface area contributed by atoms with Crippen LogP contribution in [0.2, 0.25) is 0 Å². The molecule has 12 heavy (non-hydrogen) atoms. The zero-order valence-electron chi connectivity index (χ0n) is 6.96. The van der Waals surface area contributed by atoms with Gasteiger partial charge < -0.3 is 20.4 Å². The van der Waals surface area contributed by atoms with Crippen molar-refractivity contribution in [3.8, 4) is 0 Å². The van der Waals surface area contributed by atoms with Gasteiger partial charge in [0.2, 0.25) is 0 Å². The summed E-state index contributed by atoms with van der Waals surface area (Å²) in [5, 5.41) is 36.8. The van der Waals surface area contributed by atoms with E-state index >= 15 is 0 Å². The van der Waals surface area contributed by atoms with E-state index < -0.39 is 24.7 Å². The molecular formula is C7H15NO4. The minimum absolute atomic E-state index is 0.455. The van der Waals surface area contributed by atoms with Crippen LogP contribution in [-0.4, -0.2) is 56.5 Å². The minimum Gasteiger partial charge on any atom is -0.386 e. The molecule has 1 aliphatic rings. The lowest BCUT2D eigenvalue weighted by Crippen LogP contribution is -2.39. The summed E-state index contributed by atoms with van der Waals surface area (Å²) < 4.78 is 0. The largest absolute Gasteiger partial charge is 0.386 e. The van der Waals surface area contributed by atoms with Crippen LogP contribution in [0.5, 0.6) is 0 Å². The third-order valence-electron chi connectivity index (χ3n) is 2.12. The maximum atomic E-state index is 9.29. The average molecular weight is 177 g/mol. The summed E-state index contributed by atoms with van der Waals surface area (Å²) in [6.45, 7) is 2.34. The summed E-state index contributed by atoms with van der Waals surface area (Å²) in [4.78, 5) is 1.27. The maximum Gasteiger partial charge on any atom is 0.138 e. The monoisotopic (exact) mass is 177 g/mol. The molecule has 0 aromatic rings. The molecule has 0 aromatic heterocycles. The first-order chi connectivity index (χ1) is 5.59. The van der Waals surface area contributed by atoms with E-state index in [1.807, 2.05) is 6.92 Å². The molecule has 0 amide bonds. The van der Waals surface area contributed by atoms with Gasteiger partial charge in [0.1, 0.15) is 24.7 Å². The summed E-state index contributed by atoms with van der Waals surface area (Å²) in [5.74, 6) is 0. The van der Waals surface area contributed by atoms with Gasteiger partial charge in [-0.1, -0.05) is 6.92 Å². The van der Waals surface area contributed by atoms with Crippen LogP contribution in [0.25, 0.3) is 0 Å². The molecule has 4 N–H and O–H groups in total. The van der Waals surface area contributed by atoms with Crippen LogP contribution < -0.4 is 0 Å². The Hall–Kier alpha value is -0.200. The molecule has 4 atom stereocenters. The van der Waals surface area contributed by atoms with Crippen LogP contribution in [0, 0.1) is 0 Å². The van der Waals surface area contributed by atoms with E-state index in [9.17, 15) is 10.2 Å². The highest BCUT2D eigenvalue weighted by atomic mass is 16.4. The normalized spacial score (nSPS) is 43.8. The van der Waals surface area contributed by atoms with E-state index in [2.05, 4.69) is 0 Å². The molecular weight excluding hydrogens is 162 g/mol. The van der Waals surface area contributed by atoms with Gasteiger partial charge in [0.15, 0.2) is 0 Å². The fraction of sp³-hybridized carbons (Fsp3) is 1.00. The number of hydrogen-bond acceptors (Lipinski definition) is 5. The molecule has 1 fully saturated rings. The van der Waals surface area contributed by atoms with Crippen molar-refractivity contribution >= 4 is 0 Å². The van der Waals surface area contributed by atoms with Crippen molar-refractivity contribution in [2.45, 2.75) is 38.0 Å². The third-order valence-corrected chi connectivity index (χ3v) is 2.12. The Balaban J connectivity index is 2.62. The van der Waals surface area contributed by atoms with Gasteiger partial charge in [0.05, 0.1) is 0 Å². The molecule has 0 saturated carbocycles. The molecule has 0 spiro atoms. The number of aliphatic hydroxyl groups excluding tert-OH is 4. The van der Waals surface area contributed by atoms with Crippen LogP contribution in [0.15, 0.2) is 0 Å². The summed E-state index contributed by atoms with van der Waals surface area (Å²) in [6, 6.07) is 0. The zero-order chi connectivity index (χ0) is 9.30. The predicted octanol–water partition coefficient (Wildman–Crippen LogP) is -1.93. The summed E-state index contributed by atoms with van der Waals surface area (Å²) >= 11 is 0. The highest BCUT2D eigenvalue weighted by molar-refractivity contribution is 4.90. The fourth-order valence-corrected chi connectivity index (χ4v) is 1.42. The molecule has 0 radical (unpaired) electrons. The van der Waals surface area contributed by atoms with Crippen molar-refractivity contribution in [2.75, 3.05) is 6.54 Å². The molecule has 0 aromatic carbocycles. The Labute approximate surface area is 70.9 Å². The number of rotatable bonds is 2. The first kappa shape index (κ1) is 9.88. The topological polar surface area (TPSA) is 84.2 Å². The van der Waals surface area contributed by atoms with Gasteiger partial charge in [0, 0.05) is 6.54 Å². The zero-order valence-corrected chi connectivity index (χ0v) is 6.96. The number of likely N-dealkylation sites (tertiary alicyclic amines) is 1. The first-order valence-electron chi connectivity index (χ1n) is 4.07. The van der Waals surface area contributed by atoms with Crippen LogP contribution in [0.3, 0.4) is 0 Å². The van der Waals surface area contributed by atoms with Crippen molar-refractivity contribution in [1.29, 1.82) is 0 Å². The Morgan fingerprint density at radius 3 is 1.75 bits per heavy atom. The molecule has 4 unspecified atom stereocenters. The summed E-state index contributed by atoms with van der Waals surface area (Å²) in [7, 11) is 0. The molecule has 0 aliphatic carbocycles. The lowest BCUT2D eigenvalue weighted by molar-refractivity contribution is -0.0790. The molecule has 5 heteroatoms. The standard InChI is InChI=1S/C7H15NO4/c1-2-3-8-6(11)4(9)5(10)7(8)12/h4-7,9-12H,2-3H2,1H3. The molecule has 1 heterocycles. The Morgan fingerprint density at radius 2 is 1.42 bits per heavy atom. The number of hydrogen-bond donors (Lipinski definition) is 4. The van der Waals surface area contributed by atoms with Gasteiger partial charge in [-0.2, -0.15) is 0 Å². The summed E-state index contributed by atoms with van der Waals surface area (Å²) in [5.41, 5.74) is 0.